The molecule has 2 aromatic rings. The van der Waals surface area contributed by atoms with Crippen LogP contribution in [0.3, 0.4) is 0 Å². The van der Waals surface area contributed by atoms with Crippen molar-refractivity contribution in [2.24, 2.45) is 0 Å². The Labute approximate surface area is 131 Å². The molecule has 4 nitrogen and oxygen atoms in total. The first kappa shape index (κ1) is 14.7. The predicted octanol–water partition coefficient (Wildman–Crippen LogP) is 2.35. The Bertz CT molecular complexity index is 634. The first-order valence-electron chi connectivity index (χ1n) is 7.71. The van der Waals surface area contributed by atoms with Crippen LogP contribution in [0.1, 0.15) is 21.6 Å². The fraction of sp³-hybridized carbons (Fsp3) is 0.333. The molecule has 114 valence electrons. The van der Waals surface area contributed by atoms with Crippen molar-refractivity contribution >= 4 is 5.91 Å². The summed E-state index contributed by atoms with van der Waals surface area (Å²) in [6, 6.07) is 14.0. The minimum Gasteiger partial charge on any atom is -0.335 e. The molecule has 0 atom stereocenters. The molecule has 22 heavy (non-hydrogen) atoms. The van der Waals surface area contributed by atoms with Crippen molar-refractivity contribution in [3.8, 4) is 0 Å². The van der Waals surface area contributed by atoms with Gasteiger partial charge in [0.2, 0.25) is 0 Å². The first-order chi connectivity index (χ1) is 10.7. The van der Waals surface area contributed by atoms with E-state index in [0.29, 0.717) is 5.69 Å². The zero-order valence-electron chi connectivity index (χ0n) is 12.9. The molecule has 1 aromatic heterocycles. The molecule has 0 spiro atoms. The topological polar surface area (TPSA) is 36.4 Å². The van der Waals surface area contributed by atoms with Crippen LogP contribution in [-0.4, -0.2) is 46.9 Å². The summed E-state index contributed by atoms with van der Waals surface area (Å²) < 4.78 is 0. The standard InChI is InChI=1S/C18H21N3O/c1-15-6-2-3-7-16(15)14-20-10-12-21(13-11-20)18(22)17-8-4-5-9-19-17/h2-9H,10-14H2,1H3. The number of pyridine rings is 1. The minimum atomic E-state index is 0.0381. The van der Waals surface area contributed by atoms with Gasteiger partial charge in [-0.1, -0.05) is 30.3 Å². The number of nitrogens with zero attached hydrogens (tertiary/aromatic N) is 3. The van der Waals surface area contributed by atoms with Crippen molar-refractivity contribution in [1.82, 2.24) is 14.8 Å². The van der Waals surface area contributed by atoms with Crippen LogP contribution < -0.4 is 0 Å². The maximum atomic E-state index is 12.4. The second kappa shape index (κ2) is 6.71. The summed E-state index contributed by atoms with van der Waals surface area (Å²) in [4.78, 5) is 20.8. The van der Waals surface area contributed by atoms with Crippen LogP contribution in [0.2, 0.25) is 0 Å². The number of hydrogen-bond acceptors (Lipinski definition) is 3. The van der Waals surface area contributed by atoms with Gasteiger partial charge in [-0.15, -0.1) is 0 Å². The lowest BCUT2D eigenvalue weighted by Gasteiger charge is -2.34. The van der Waals surface area contributed by atoms with E-state index in [2.05, 4.69) is 41.1 Å². The Morgan fingerprint density at radius 2 is 1.77 bits per heavy atom. The van der Waals surface area contributed by atoms with E-state index in [0.717, 1.165) is 32.7 Å². The van der Waals surface area contributed by atoms with E-state index >= 15 is 0 Å². The van der Waals surface area contributed by atoms with Gasteiger partial charge in [-0.25, -0.2) is 0 Å². The summed E-state index contributed by atoms with van der Waals surface area (Å²) in [7, 11) is 0. The highest BCUT2D eigenvalue weighted by Gasteiger charge is 2.22. The molecular weight excluding hydrogens is 274 g/mol. The van der Waals surface area contributed by atoms with Crippen molar-refractivity contribution in [3.05, 3.63) is 65.5 Å². The third kappa shape index (κ3) is 3.34. The molecule has 3 rings (SSSR count). The number of aryl methyl sites for hydroxylation is 1. The monoisotopic (exact) mass is 295 g/mol. The average molecular weight is 295 g/mol. The van der Waals surface area contributed by atoms with E-state index in [-0.39, 0.29) is 5.91 Å². The zero-order valence-corrected chi connectivity index (χ0v) is 12.9. The fourth-order valence-corrected chi connectivity index (χ4v) is 2.79. The van der Waals surface area contributed by atoms with Crippen molar-refractivity contribution in [1.29, 1.82) is 0 Å². The van der Waals surface area contributed by atoms with E-state index in [9.17, 15) is 4.79 Å². The number of carbonyl (C=O) groups is 1. The van der Waals surface area contributed by atoms with Gasteiger partial charge in [0.15, 0.2) is 0 Å². The van der Waals surface area contributed by atoms with Crippen molar-refractivity contribution in [2.75, 3.05) is 26.2 Å². The second-order valence-electron chi connectivity index (χ2n) is 5.71. The van der Waals surface area contributed by atoms with Crippen LogP contribution in [0.5, 0.6) is 0 Å². The quantitative estimate of drug-likeness (QED) is 0.872. The third-order valence-corrected chi connectivity index (χ3v) is 4.20. The summed E-state index contributed by atoms with van der Waals surface area (Å²) in [6.07, 6.45) is 1.67. The highest BCUT2D eigenvalue weighted by Crippen LogP contribution is 2.13. The van der Waals surface area contributed by atoms with Crippen molar-refractivity contribution < 1.29 is 4.79 Å². The molecule has 1 fully saturated rings. The van der Waals surface area contributed by atoms with E-state index in [4.69, 9.17) is 0 Å². The summed E-state index contributed by atoms with van der Waals surface area (Å²) in [5.41, 5.74) is 3.23. The summed E-state index contributed by atoms with van der Waals surface area (Å²) in [6.45, 7) is 6.46. The number of amides is 1. The van der Waals surface area contributed by atoms with Gasteiger partial charge in [-0.05, 0) is 30.2 Å². The second-order valence-corrected chi connectivity index (χ2v) is 5.71. The molecule has 0 radical (unpaired) electrons. The molecule has 1 saturated heterocycles. The van der Waals surface area contributed by atoms with E-state index in [1.165, 1.54) is 11.1 Å². The molecule has 0 bridgehead atoms. The molecule has 2 heterocycles. The van der Waals surface area contributed by atoms with Crippen LogP contribution in [0.15, 0.2) is 48.7 Å². The van der Waals surface area contributed by atoms with Crippen LogP contribution in [0, 0.1) is 6.92 Å². The highest BCUT2D eigenvalue weighted by atomic mass is 16.2. The number of benzene rings is 1. The Balaban J connectivity index is 1.57. The summed E-state index contributed by atoms with van der Waals surface area (Å²) in [5.74, 6) is 0.0381. The molecule has 4 heteroatoms. The number of carbonyl (C=O) groups excluding carboxylic acids is 1. The Morgan fingerprint density at radius 1 is 1.05 bits per heavy atom. The minimum absolute atomic E-state index is 0.0381. The summed E-state index contributed by atoms with van der Waals surface area (Å²) >= 11 is 0. The normalized spacial score (nSPS) is 15.8. The van der Waals surface area contributed by atoms with Gasteiger partial charge in [-0.2, -0.15) is 0 Å². The van der Waals surface area contributed by atoms with Crippen LogP contribution in [-0.2, 0) is 6.54 Å². The van der Waals surface area contributed by atoms with E-state index in [1.54, 1.807) is 12.3 Å². The molecule has 0 saturated carbocycles. The Kier molecular flexibility index (Phi) is 4.49. The zero-order chi connectivity index (χ0) is 15.4. The van der Waals surface area contributed by atoms with Crippen LogP contribution in [0.4, 0.5) is 0 Å². The first-order valence-corrected chi connectivity index (χ1v) is 7.71. The van der Waals surface area contributed by atoms with Gasteiger partial charge in [0.25, 0.3) is 5.91 Å². The van der Waals surface area contributed by atoms with E-state index in [1.807, 2.05) is 17.0 Å². The maximum absolute atomic E-state index is 12.4. The third-order valence-electron chi connectivity index (χ3n) is 4.20. The lowest BCUT2D eigenvalue weighted by Crippen LogP contribution is -2.48. The molecular formula is C18H21N3O. The van der Waals surface area contributed by atoms with Gasteiger partial charge in [0.1, 0.15) is 5.69 Å². The predicted molar refractivity (Wildman–Crippen MR) is 86.6 cm³/mol. The Morgan fingerprint density at radius 3 is 2.45 bits per heavy atom. The van der Waals surface area contributed by atoms with Crippen LogP contribution >= 0.6 is 0 Å². The fourth-order valence-electron chi connectivity index (χ4n) is 2.79. The molecule has 1 aliphatic rings. The molecule has 0 unspecified atom stereocenters. The molecule has 1 amide bonds. The number of aromatic nitrogens is 1. The molecule has 1 aromatic carbocycles. The molecule has 0 aliphatic carbocycles. The average Bonchev–Trinajstić information content (AvgIpc) is 2.58. The maximum Gasteiger partial charge on any atom is 0.272 e. The molecule has 1 aliphatic heterocycles. The van der Waals surface area contributed by atoms with Gasteiger partial charge in [0.05, 0.1) is 0 Å². The lowest BCUT2D eigenvalue weighted by molar-refractivity contribution is 0.0622. The number of rotatable bonds is 3. The van der Waals surface area contributed by atoms with Crippen molar-refractivity contribution in [2.45, 2.75) is 13.5 Å². The van der Waals surface area contributed by atoms with Gasteiger partial charge < -0.3 is 4.90 Å². The van der Waals surface area contributed by atoms with Crippen LogP contribution in [0.25, 0.3) is 0 Å². The van der Waals surface area contributed by atoms with Gasteiger partial charge >= 0.3 is 0 Å². The summed E-state index contributed by atoms with van der Waals surface area (Å²) in [5, 5.41) is 0. The number of piperazine rings is 1. The SMILES string of the molecule is Cc1ccccc1CN1CCN(C(=O)c2ccccn2)CC1. The largest absolute Gasteiger partial charge is 0.335 e. The van der Waals surface area contributed by atoms with E-state index < -0.39 is 0 Å². The van der Waals surface area contributed by atoms with Crippen molar-refractivity contribution in [3.63, 3.8) is 0 Å². The smallest absolute Gasteiger partial charge is 0.272 e. The molecule has 0 N–H and O–H groups in total. The highest BCUT2D eigenvalue weighted by molar-refractivity contribution is 5.92. The number of hydrogen-bond donors (Lipinski definition) is 0. The Hall–Kier alpha value is -2.20. The van der Waals surface area contributed by atoms with Gasteiger partial charge in [0, 0.05) is 38.9 Å². The van der Waals surface area contributed by atoms with Gasteiger partial charge in [-0.3, -0.25) is 14.7 Å². The lowest BCUT2D eigenvalue weighted by atomic mass is 10.1.